The summed E-state index contributed by atoms with van der Waals surface area (Å²) >= 11 is 0. The van der Waals surface area contributed by atoms with Gasteiger partial charge in [0.05, 0.1) is 23.4 Å². The Kier molecular flexibility index (Phi) is 6.27. The van der Waals surface area contributed by atoms with Crippen LogP contribution in [0.4, 0.5) is 0 Å². The quantitative estimate of drug-likeness (QED) is 0.721. The fourth-order valence-corrected chi connectivity index (χ4v) is 3.54. The van der Waals surface area contributed by atoms with Gasteiger partial charge in [0, 0.05) is 6.42 Å². The smallest absolute Gasteiger partial charge is 0.307 e. The van der Waals surface area contributed by atoms with Crippen molar-refractivity contribution in [2.45, 2.75) is 63.5 Å². The van der Waals surface area contributed by atoms with Crippen LogP contribution in [0.5, 0.6) is 0 Å². The summed E-state index contributed by atoms with van der Waals surface area (Å²) in [4.78, 5) is 43.6. The number of aromatic amines is 1. The van der Waals surface area contributed by atoms with Crippen LogP contribution < -0.4 is 10.9 Å². The maximum absolute atomic E-state index is 12.4. The fraction of sp³-hybridized carbons (Fsp3) is 0.476. The number of carbonyl (C=O) groups is 2. The Morgan fingerprint density at radius 3 is 2.76 bits per heavy atom. The average Bonchev–Trinajstić information content (AvgIpc) is 2.73. The molecule has 1 aromatic carbocycles. The first-order valence-electron chi connectivity index (χ1n) is 9.83. The maximum atomic E-state index is 12.4. The summed E-state index contributed by atoms with van der Waals surface area (Å²) in [6, 6.07) is 9.16. The standard InChI is InChI=1S/C21H24N4O4/c1-14(19(27)25-21(13-22)11-5-2-6-12-21)29-18(26)10-9-17-23-16-8-4-3-7-15(16)20(28)24-17/h3-4,7-8,14H,2,5-6,9-12H2,1H3,(H,25,27)(H,23,24,28)/t14-/m1/s1. The van der Waals surface area contributed by atoms with Gasteiger partial charge in [0.15, 0.2) is 6.10 Å². The Bertz CT molecular complexity index is 1000. The van der Waals surface area contributed by atoms with E-state index in [4.69, 9.17) is 4.74 Å². The van der Waals surface area contributed by atoms with E-state index in [0.717, 1.165) is 19.3 Å². The second-order valence-corrected chi connectivity index (χ2v) is 7.41. The Hall–Kier alpha value is -3.21. The zero-order valence-corrected chi connectivity index (χ0v) is 16.4. The predicted molar refractivity (Wildman–Crippen MR) is 106 cm³/mol. The van der Waals surface area contributed by atoms with Crippen molar-refractivity contribution in [3.05, 3.63) is 40.4 Å². The Morgan fingerprint density at radius 2 is 2.03 bits per heavy atom. The zero-order valence-electron chi connectivity index (χ0n) is 16.4. The van der Waals surface area contributed by atoms with Crippen LogP contribution in [-0.4, -0.2) is 33.5 Å². The first-order chi connectivity index (χ1) is 13.9. The van der Waals surface area contributed by atoms with Gasteiger partial charge in [-0.15, -0.1) is 0 Å². The molecule has 0 radical (unpaired) electrons. The number of aromatic nitrogens is 2. The number of H-pyrrole nitrogens is 1. The molecular weight excluding hydrogens is 372 g/mol. The molecule has 29 heavy (non-hydrogen) atoms. The van der Waals surface area contributed by atoms with Gasteiger partial charge in [-0.1, -0.05) is 31.4 Å². The van der Waals surface area contributed by atoms with Gasteiger partial charge in [0.2, 0.25) is 0 Å². The van der Waals surface area contributed by atoms with Crippen molar-refractivity contribution in [2.75, 3.05) is 0 Å². The van der Waals surface area contributed by atoms with Gasteiger partial charge in [0.1, 0.15) is 11.4 Å². The Labute approximate surface area is 168 Å². The molecule has 0 spiro atoms. The highest BCUT2D eigenvalue weighted by Crippen LogP contribution is 2.27. The predicted octanol–water partition coefficient (Wildman–Crippen LogP) is 2.13. The van der Waals surface area contributed by atoms with Crippen molar-refractivity contribution in [2.24, 2.45) is 0 Å². The second-order valence-electron chi connectivity index (χ2n) is 7.41. The van der Waals surface area contributed by atoms with Crippen molar-refractivity contribution < 1.29 is 14.3 Å². The van der Waals surface area contributed by atoms with Crippen LogP contribution in [0.3, 0.4) is 0 Å². The van der Waals surface area contributed by atoms with Crippen LogP contribution in [0, 0.1) is 11.3 Å². The monoisotopic (exact) mass is 396 g/mol. The van der Waals surface area contributed by atoms with E-state index in [2.05, 4.69) is 21.4 Å². The normalized spacial score (nSPS) is 16.6. The number of nitrogens with zero attached hydrogens (tertiary/aromatic N) is 2. The molecule has 0 unspecified atom stereocenters. The molecule has 0 aliphatic heterocycles. The summed E-state index contributed by atoms with van der Waals surface area (Å²) in [5, 5.41) is 12.7. The molecule has 0 saturated heterocycles. The topological polar surface area (TPSA) is 125 Å². The summed E-state index contributed by atoms with van der Waals surface area (Å²) < 4.78 is 5.20. The number of hydrogen-bond acceptors (Lipinski definition) is 6. The lowest BCUT2D eigenvalue weighted by Crippen LogP contribution is -2.52. The highest BCUT2D eigenvalue weighted by atomic mass is 16.5. The molecule has 1 atom stereocenters. The Morgan fingerprint density at radius 1 is 1.31 bits per heavy atom. The highest BCUT2D eigenvalue weighted by Gasteiger charge is 2.35. The number of rotatable bonds is 6. The van der Waals surface area contributed by atoms with Gasteiger partial charge in [-0.3, -0.25) is 14.4 Å². The number of nitrogens with one attached hydrogen (secondary N) is 2. The number of para-hydroxylation sites is 1. The summed E-state index contributed by atoms with van der Waals surface area (Å²) in [7, 11) is 0. The third-order valence-electron chi connectivity index (χ3n) is 5.19. The summed E-state index contributed by atoms with van der Waals surface area (Å²) in [5.41, 5.74) is -0.576. The molecule has 8 heteroatoms. The number of carbonyl (C=O) groups excluding carboxylic acids is 2. The van der Waals surface area contributed by atoms with Gasteiger partial charge in [-0.2, -0.15) is 5.26 Å². The summed E-state index contributed by atoms with van der Waals surface area (Å²) in [5.74, 6) is -0.662. The van der Waals surface area contributed by atoms with Crippen molar-refractivity contribution in [3.8, 4) is 6.07 Å². The lowest BCUT2D eigenvalue weighted by Gasteiger charge is -2.32. The first-order valence-corrected chi connectivity index (χ1v) is 9.83. The molecule has 1 aromatic heterocycles. The summed E-state index contributed by atoms with van der Waals surface area (Å²) in [6.45, 7) is 1.48. The van der Waals surface area contributed by atoms with Crippen LogP contribution >= 0.6 is 0 Å². The van der Waals surface area contributed by atoms with Gasteiger partial charge in [0.25, 0.3) is 11.5 Å². The molecule has 1 heterocycles. The number of aryl methyl sites for hydroxylation is 1. The number of fused-ring (bicyclic) bond motifs is 1. The van der Waals surface area contributed by atoms with Crippen molar-refractivity contribution in [1.29, 1.82) is 5.26 Å². The molecular formula is C21H24N4O4. The molecule has 1 amide bonds. The molecule has 8 nitrogen and oxygen atoms in total. The van der Waals surface area contributed by atoms with Gasteiger partial charge >= 0.3 is 5.97 Å². The van der Waals surface area contributed by atoms with Crippen molar-refractivity contribution >= 4 is 22.8 Å². The average molecular weight is 396 g/mol. The number of esters is 1. The molecule has 1 aliphatic carbocycles. The number of nitriles is 1. The molecule has 1 aliphatic rings. The number of ether oxygens (including phenoxy) is 1. The lowest BCUT2D eigenvalue weighted by atomic mass is 9.83. The second kappa shape index (κ2) is 8.86. The molecule has 2 N–H and O–H groups in total. The number of hydrogen-bond donors (Lipinski definition) is 2. The highest BCUT2D eigenvalue weighted by molar-refractivity contribution is 5.84. The molecule has 1 saturated carbocycles. The van der Waals surface area contributed by atoms with Crippen molar-refractivity contribution in [1.82, 2.24) is 15.3 Å². The van der Waals surface area contributed by atoms with E-state index in [1.54, 1.807) is 24.3 Å². The van der Waals surface area contributed by atoms with E-state index in [-0.39, 0.29) is 18.4 Å². The van der Waals surface area contributed by atoms with E-state index in [1.807, 2.05) is 0 Å². The SMILES string of the molecule is C[C@@H](OC(=O)CCc1nc2ccccc2c(=O)[nH]1)C(=O)NC1(C#N)CCCCC1. The van der Waals surface area contributed by atoms with E-state index in [9.17, 15) is 19.6 Å². The van der Waals surface area contributed by atoms with Crippen LogP contribution in [0.15, 0.2) is 29.1 Å². The van der Waals surface area contributed by atoms with E-state index in [1.165, 1.54) is 6.92 Å². The van der Waals surface area contributed by atoms with E-state index in [0.29, 0.717) is 29.6 Å². The number of amides is 1. The van der Waals surface area contributed by atoms with Crippen LogP contribution in [0.2, 0.25) is 0 Å². The largest absolute Gasteiger partial charge is 0.453 e. The fourth-order valence-electron chi connectivity index (χ4n) is 3.54. The molecule has 2 aromatic rings. The van der Waals surface area contributed by atoms with Crippen LogP contribution in [0.1, 0.15) is 51.3 Å². The minimum Gasteiger partial charge on any atom is -0.453 e. The first kappa shape index (κ1) is 20.5. The third-order valence-corrected chi connectivity index (χ3v) is 5.19. The van der Waals surface area contributed by atoms with Gasteiger partial charge in [-0.05, 0) is 31.9 Å². The molecule has 152 valence electrons. The lowest BCUT2D eigenvalue weighted by molar-refractivity contribution is -0.155. The molecule has 3 rings (SSSR count). The molecule has 0 bridgehead atoms. The number of benzene rings is 1. The zero-order chi connectivity index (χ0) is 20.9. The van der Waals surface area contributed by atoms with Gasteiger partial charge < -0.3 is 15.0 Å². The van der Waals surface area contributed by atoms with Gasteiger partial charge in [-0.25, -0.2) is 4.98 Å². The molecule has 1 fully saturated rings. The van der Waals surface area contributed by atoms with Crippen LogP contribution in [0.25, 0.3) is 10.9 Å². The minimum absolute atomic E-state index is 0.0255. The summed E-state index contributed by atoms with van der Waals surface area (Å²) in [6.07, 6.45) is 3.20. The van der Waals surface area contributed by atoms with Crippen LogP contribution in [-0.2, 0) is 20.7 Å². The van der Waals surface area contributed by atoms with E-state index < -0.39 is 23.5 Å². The Balaban J connectivity index is 1.54. The van der Waals surface area contributed by atoms with E-state index >= 15 is 0 Å². The maximum Gasteiger partial charge on any atom is 0.307 e. The minimum atomic E-state index is -1.00. The third kappa shape index (κ3) is 4.99. The van der Waals surface area contributed by atoms with Crippen molar-refractivity contribution in [3.63, 3.8) is 0 Å².